The van der Waals surface area contributed by atoms with Crippen LogP contribution in [0.3, 0.4) is 0 Å². The zero-order valence-corrected chi connectivity index (χ0v) is 8.92. The van der Waals surface area contributed by atoms with E-state index in [9.17, 15) is 4.79 Å². The molecule has 16 heavy (non-hydrogen) atoms. The van der Waals surface area contributed by atoms with E-state index in [1.165, 1.54) is 5.56 Å². The van der Waals surface area contributed by atoms with Gasteiger partial charge in [-0.15, -0.1) is 0 Å². The van der Waals surface area contributed by atoms with Crippen molar-refractivity contribution in [2.45, 2.75) is 13.3 Å². The van der Waals surface area contributed by atoms with Gasteiger partial charge in [0.2, 0.25) is 0 Å². The Labute approximate surface area is 93.2 Å². The second-order valence-electron chi connectivity index (χ2n) is 3.66. The number of nitrogens with zero attached hydrogens (tertiary/aromatic N) is 2. The zero-order valence-electron chi connectivity index (χ0n) is 8.92. The van der Waals surface area contributed by atoms with Crippen molar-refractivity contribution in [2.75, 3.05) is 0 Å². The Bertz CT molecular complexity index is 500. The minimum Gasteiger partial charge on any atom is -0.481 e. The topological polar surface area (TPSA) is 55.1 Å². The fourth-order valence-corrected chi connectivity index (χ4v) is 1.55. The van der Waals surface area contributed by atoms with Crippen LogP contribution in [0.5, 0.6) is 0 Å². The lowest BCUT2D eigenvalue weighted by molar-refractivity contribution is -0.136. The quantitative estimate of drug-likeness (QED) is 0.851. The fourth-order valence-electron chi connectivity index (χ4n) is 1.55. The SMILES string of the molecule is Cc1ccc(-n2cncc2CC(=O)O)cc1. The molecule has 1 heterocycles. The zero-order chi connectivity index (χ0) is 11.5. The van der Waals surface area contributed by atoms with Crippen molar-refractivity contribution in [3.8, 4) is 5.69 Å². The predicted molar refractivity (Wildman–Crippen MR) is 59.6 cm³/mol. The van der Waals surface area contributed by atoms with Crippen molar-refractivity contribution in [3.05, 3.63) is 48.0 Å². The second-order valence-corrected chi connectivity index (χ2v) is 3.66. The standard InChI is InChI=1S/C12H12N2O2/c1-9-2-4-10(5-3-9)14-8-13-7-11(14)6-12(15)16/h2-5,7-8H,6H2,1H3,(H,15,16). The van der Waals surface area contributed by atoms with Gasteiger partial charge in [-0.1, -0.05) is 17.7 Å². The van der Waals surface area contributed by atoms with E-state index >= 15 is 0 Å². The average Bonchev–Trinajstić information content (AvgIpc) is 2.66. The van der Waals surface area contributed by atoms with Crippen molar-refractivity contribution in [2.24, 2.45) is 0 Å². The Morgan fingerprint density at radius 3 is 2.69 bits per heavy atom. The third-order valence-corrected chi connectivity index (χ3v) is 2.36. The maximum Gasteiger partial charge on any atom is 0.309 e. The van der Waals surface area contributed by atoms with Crippen LogP contribution >= 0.6 is 0 Å². The summed E-state index contributed by atoms with van der Waals surface area (Å²) in [4.78, 5) is 14.6. The normalized spacial score (nSPS) is 10.3. The molecule has 4 nitrogen and oxygen atoms in total. The van der Waals surface area contributed by atoms with E-state index in [0.717, 1.165) is 5.69 Å². The molecule has 0 saturated carbocycles. The van der Waals surface area contributed by atoms with Gasteiger partial charge in [0.05, 0.1) is 18.4 Å². The van der Waals surface area contributed by atoms with Crippen LogP contribution in [0.25, 0.3) is 5.69 Å². The summed E-state index contributed by atoms with van der Waals surface area (Å²) in [6.45, 7) is 2.01. The third-order valence-electron chi connectivity index (χ3n) is 2.36. The molecule has 0 bridgehead atoms. The van der Waals surface area contributed by atoms with Gasteiger partial charge in [0.1, 0.15) is 0 Å². The molecule has 0 unspecified atom stereocenters. The number of rotatable bonds is 3. The minimum absolute atomic E-state index is 0.0200. The van der Waals surface area contributed by atoms with E-state index in [1.807, 2.05) is 31.2 Å². The molecule has 4 heteroatoms. The first kappa shape index (κ1) is 10.4. The van der Waals surface area contributed by atoms with Crippen molar-refractivity contribution >= 4 is 5.97 Å². The van der Waals surface area contributed by atoms with Crippen molar-refractivity contribution in [1.82, 2.24) is 9.55 Å². The number of hydrogen-bond donors (Lipinski definition) is 1. The first-order valence-corrected chi connectivity index (χ1v) is 4.97. The molecule has 0 aliphatic carbocycles. The Balaban J connectivity index is 2.36. The lowest BCUT2D eigenvalue weighted by Gasteiger charge is -2.06. The lowest BCUT2D eigenvalue weighted by Crippen LogP contribution is -2.06. The summed E-state index contributed by atoms with van der Waals surface area (Å²) in [6, 6.07) is 7.87. The van der Waals surface area contributed by atoms with Crippen LogP contribution in [0.4, 0.5) is 0 Å². The number of carbonyl (C=O) groups is 1. The molecule has 0 fully saturated rings. The van der Waals surface area contributed by atoms with Crippen molar-refractivity contribution in [1.29, 1.82) is 0 Å². The smallest absolute Gasteiger partial charge is 0.309 e. The van der Waals surface area contributed by atoms with Crippen LogP contribution < -0.4 is 0 Å². The van der Waals surface area contributed by atoms with Crippen LogP contribution in [-0.4, -0.2) is 20.6 Å². The molecule has 1 aromatic carbocycles. The van der Waals surface area contributed by atoms with Gasteiger partial charge >= 0.3 is 5.97 Å². The van der Waals surface area contributed by atoms with E-state index in [-0.39, 0.29) is 6.42 Å². The van der Waals surface area contributed by atoms with Gasteiger partial charge < -0.3 is 9.67 Å². The lowest BCUT2D eigenvalue weighted by atomic mass is 10.2. The Hall–Kier alpha value is -2.10. The molecule has 2 aromatic rings. The third kappa shape index (κ3) is 2.11. The summed E-state index contributed by atoms with van der Waals surface area (Å²) >= 11 is 0. The number of aliphatic carboxylic acids is 1. The largest absolute Gasteiger partial charge is 0.481 e. The predicted octanol–water partition coefficient (Wildman–Crippen LogP) is 1.81. The van der Waals surface area contributed by atoms with E-state index in [4.69, 9.17) is 5.11 Å². The Morgan fingerprint density at radius 1 is 1.38 bits per heavy atom. The van der Waals surface area contributed by atoms with Gasteiger partial charge in [-0.05, 0) is 19.1 Å². The number of carboxylic acid groups (broad SMARTS) is 1. The van der Waals surface area contributed by atoms with Crippen molar-refractivity contribution in [3.63, 3.8) is 0 Å². The number of benzene rings is 1. The van der Waals surface area contributed by atoms with Gasteiger partial charge in [-0.25, -0.2) is 4.98 Å². The number of carboxylic acids is 1. The molecular formula is C12H12N2O2. The van der Waals surface area contributed by atoms with Gasteiger partial charge in [0.25, 0.3) is 0 Å². The maximum absolute atomic E-state index is 10.7. The van der Waals surface area contributed by atoms with E-state index in [1.54, 1.807) is 17.1 Å². The summed E-state index contributed by atoms with van der Waals surface area (Å²) in [5.74, 6) is -0.853. The van der Waals surface area contributed by atoms with E-state index in [0.29, 0.717) is 5.69 Å². The van der Waals surface area contributed by atoms with Gasteiger partial charge in [-0.2, -0.15) is 0 Å². The number of aromatic nitrogens is 2. The summed E-state index contributed by atoms with van der Waals surface area (Å²) in [5, 5.41) is 8.76. The number of imidazole rings is 1. The highest BCUT2D eigenvalue weighted by Crippen LogP contribution is 2.12. The first-order valence-electron chi connectivity index (χ1n) is 4.97. The molecule has 0 spiro atoms. The number of aryl methyl sites for hydroxylation is 1. The molecule has 1 N–H and O–H groups in total. The van der Waals surface area contributed by atoms with Gasteiger partial charge in [0, 0.05) is 11.9 Å². The van der Waals surface area contributed by atoms with Crippen LogP contribution in [0.1, 0.15) is 11.3 Å². The maximum atomic E-state index is 10.7. The fraction of sp³-hybridized carbons (Fsp3) is 0.167. The van der Waals surface area contributed by atoms with Crippen LogP contribution in [0.15, 0.2) is 36.8 Å². The molecule has 0 radical (unpaired) electrons. The number of hydrogen-bond acceptors (Lipinski definition) is 2. The Kier molecular flexibility index (Phi) is 2.72. The second kappa shape index (κ2) is 4.18. The van der Waals surface area contributed by atoms with Crippen LogP contribution in [0.2, 0.25) is 0 Å². The molecule has 0 aliphatic rings. The van der Waals surface area contributed by atoms with Crippen LogP contribution in [-0.2, 0) is 11.2 Å². The van der Waals surface area contributed by atoms with E-state index in [2.05, 4.69) is 4.98 Å². The summed E-state index contributed by atoms with van der Waals surface area (Å²) in [6.07, 6.45) is 3.19. The molecule has 82 valence electrons. The minimum atomic E-state index is -0.853. The molecule has 0 aliphatic heterocycles. The van der Waals surface area contributed by atoms with Gasteiger partial charge in [0.15, 0.2) is 0 Å². The van der Waals surface area contributed by atoms with E-state index < -0.39 is 5.97 Å². The molecular weight excluding hydrogens is 204 g/mol. The summed E-state index contributed by atoms with van der Waals surface area (Å²) < 4.78 is 1.79. The highest BCUT2D eigenvalue weighted by Gasteiger charge is 2.07. The first-order chi connectivity index (χ1) is 7.66. The summed E-state index contributed by atoms with van der Waals surface area (Å²) in [5.41, 5.74) is 2.78. The summed E-state index contributed by atoms with van der Waals surface area (Å²) in [7, 11) is 0. The van der Waals surface area contributed by atoms with Crippen LogP contribution in [0, 0.1) is 6.92 Å². The molecule has 0 saturated heterocycles. The molecule has 1 aromatic heterocycles. The Morgan fingerprint density at radius 2 is 2.06 bits per heavy atom. The monoisotopic (exact) mass is 216 g/mol. The average molecular weight is 216 g/mol. The molecule has 2 rings (SSSR count). The highest BCUT2D eigenvalue weighted by molar-refractivity contribution is 5.69. The molecule has 0 amide bonds. The highest BCUT2D eigenvalue weighted by atomic mass is 16.4. The molecule has 0 atom stereocenters. The van der Waals surface area contributed by atoms with Crippen molar-refractivity contribution < 1.29 is 9.90 Å². The van der Waals surface area contributed by atoms with Gasteiger partial charge in [-0.3, -0.25) is 4.79 Å².